The Hall–Kier alpha value is -0.640. The Bertz CT molecular complexity index is 357. The second kappa shape index (κ2) is 6.34. The second-order valence-electron chi connectivity index (χ2n) is 4.62. The summed E-state index contributed by atoms with van der Waals surface area (Å²) in [5, 5.41) is 9.64. The van der Waals surface area contributed by atoms with Crippen LogP contribution in [0.5, 0.6) is 0 Å². The van der Waals surface area contributed by atoms with Crippen molar-refractivity contribution < 1.29 is 5.11 Å². The second-order valence-corrected chi connectivity index (χ2v) is 5.01. The first kappa shape index (κ1) is 12.8. The number of aromatic nitrogens is 1. The van der Waals surface area contributed by atoms with Gasteiger partial charge in [0.25, 0.3) is 0 Å². The molecule has 0 aromatic carbocycles. The minimum absolute atomic E-state index is 0.276. The van der Waals surface area contributed by atoms with Crippen molar-refractivity contribution in [2.24, 2.45) is 0 Å². The molecule has 94 valence electrons. The van der Waals surface area contributed by atoms with Crippen LogP contribution < -0.4 is 0 Å². The quantitative estimate of drug-likeness (QED) is 0.839. The van der Waals surface area contributed by atoms with Gasteiger partial charge in [-0.1, -0.05) is 18.0 Å². The topological polar surface area (TPSA) is 36.4 Å². The molecule has 1 fully saturated rings. The summed E-state index contributed by atoms with van der Waals surface area (Å²) in [5.41, 5.74) is 1.20. The minimum atomic E-state index is 0.276. The van der Waals surface area contributed by atoms with Gasteiger partial charge in [-0.2, -0.15) is 0 Å². The summed E-state index contributed by atoms with van der Waals surface area (Å²) < 4.78 is 0. The van der Waals surface area contributed by atoms with Gasteiger partial charge in [-0.15, -0.1) is 0 Å². The molecule has 1 atom stereocenters. The highest BCUT2D eigenvalue weighted by Gasteiger charge is 2.21. The van der Waals surface area contributed by atoms with E-state index in [9.17, 15) is 0 Å². The fraction of sp³-hybridized carbons (Fsp3) is 0.615. The highest BCUT2D eigenvalue weighted by molar-refractivity contribution is 6.29. The highest BCUT2D eigenvalue weighted by Crippen LogP contribution is 2.22. The first-order valence-corrected chi connectivity index (χ1v) is 6.63. The van der Waals surface area contributed by atoms with Crippen LogP contribution in [0.1, 0.15) is 31.2 Å². The summed E-state index contributed by atoms with van der Waals surface area (Å²) in [4.78, 5) is 6.44. The van der Waals surface area contributed by atoms with Gasteiger partial charge in [0.15, 0.2) is 0 Å². The first-order chi connectivity index (χ1) is 8.29. The molecule has 0 spiro atoms. The molecule has 1 aliphatic heterocycles. The van der Waals surface area contributed by atoms with Crippen LogP contribution in [0.25, 0.3) is 0 Å². The predicted molar refractivity (Wildman–Crippen MR) is 69.0 cm³/mol. The van der Waals surface area contributed by atoms with Crippen molar-refractivity contribution in [3.63, 3.8) is 0 Å². The van der Waals surface area contributed by atoms with E-state index in [0.717, 1.165) is 19.5 Å². The third-order valence-corrected chi connectivity index (χ3v) is 3.59. The number of pyridine rings is 1. The SMILES string of the molecule is OCCC1CCCCN1Cc1ccnc(Cl)c1. The van der Waals surface area contributed by atoms with E-state index in [0.29, 0.717) is 11.2 Å². The average molecular weight is 255 g/mol. The Kier molecular flexibility index (Phi) is 4.77. The number of aliphatic hydroxyl groups excluding tert-OH is 1. The number of hydrogen-bond donors (Lipinski definition) is 1. The Morgan fingerprint density at radius 1 is 1.47 bits per heavy atom. The molecule has 1 saturated heterocycles. The predicted octanol–water partition coefficient (Wildman–Crippen LogP) is 2.47. The zero-order chi connectivity index (χ0) is 12.1. The number of piperidine rings is 1. The Morgan fingerprint density at radius 2 is 2.35 bits per heavy atom. The maximum Gasteiger partial charge on any atom is 0.129 e. The zero-order valence-electron chi connectivity index (χ0n) is 9.98. The van der Waals surface area contributed by atoms with Gasteiger partial charge in [0.05, 0.1) is 0 Å². The largest absolute Gasteiger partial charge is 0.396 e. The summed E-state index contributed by atoms with van der Waals surface area (Å²) in [6.45, 7) is 2.30. The van der Waals surface area contributed by atoms with Crippen molar-refractivity contribution in [1.29, 1.82) is 0 Å². The van der Waals surface area contributed by atoms with E-state index in [1.807, 2.05) is 12.1 Å². The molecule has 2 rings (SSSR count). The van der Waals surface area contributed by atoms with Crippen LogP contribution in [0.3, 0.4) is 0 Å². The van der Waals surface area contributed by atoms with Gasteiger partial charge in [0, 0.05) is 25.4 Å². The number of aliphatic hydroxyl groups is 1. The van der Waals surface area contributed by atoms with Gasteiger partial charge in [0.1, 0.15) is 5.15 Å². The maximum absolute atomic E-state index is 9.09. The van der Waals surface area contributed by atoms with Crippen LogP contribution in [-0.2, 0) is 6.54 Å². The van der Waals surface area contributed by atoms with Crippen LogP contribution >= 0.6 is 11.6 Å². The molecule has 1 unspecified atom stereocenters. The van der Waals surface area contributed by atoms with Gasteiger partial charge >= 0.3 is 0 Å². The summed E-state index contributed by atoms with van der Waals surface area (Å²) >= 11 is 5.89. The normalized spacial score (nSPS) is 21.6. The molecule has 0 saturated carbocycles. The molecular formula is C13H19ClN2O. The summed E-state index contributed by atoms with van der Waals surface area (Å²) in [6.07, 6.45) is 6.35. The van der Waals surface area contributed by atoms with Gasteiger partial charge in [-0.25, -0.2) is 4.98 Å². The molecule has 1 N–H and O–H groups in total. The average Bonchev–Trinajstić information content (AvgIpc) is 2.32. The van der Waals surface area contributed by atoms with E-state index >= 15 is 0 Å². The van der Waals surface area contributed by atoms with E-state index in [2.05, 4.69) is 9.88 Å². The Labute approximate surface area is 107 Å². The molecule has 3 nitrogen and oxygen atoms in total. The highest BCUT2D eigenvalue weighted by atomic mass is 35.5. The summed E-state index contributed by atoms with van der Waals surface area (Å²) in [5.74, 6) is 0. The van der Waals surface area contributed by atoms with Crippen molar-refractivity contribution in [2.75, 3.05) is 13.2 Å². The summed E-state index contributed by atoms with van der Waals surface area (Å²) in [7, 11) is 0. The lowest BCUT2D eigenvalue weighted by Gasteiger charge is -2.35. The third-order valence-electron chi connectivity index (χ3n) is 3.39. The fourth-order valence-electron chi connectivity index (χ4n) is 2.52. The van der Waals surface area contributed by atoms with Crippen LogP contribution in [-0.4, -0.2) is 34.2 Å². The van der Waals surface area contributed by atoms with E-state index in [1.54, 1.807) is 6.20 Å². The van der Waals surface area contributed by atoms with E-state index in [-0.39, 0.29) is 6.61 Å². The third kappa shape index (κ3) is 3.66. The molecule has 0 radical (unpaired) electrons. The summed E-state index contributed by atoms with van der Waals surface area (Å²) in [6, 6.07) is 4.45. The number of rotatable bonds is 4. The molecular weight excluding hydrogens is 236 g/mol. The zero-order valence-corrected chi connectivity index (χ0v) is 10.7. The molecule has 0 aliphatic carbocycles. The van der Waals surface area contributed by atoms with E-state index < -0.39 is 0 Å². The number of nitrogens with zero attached hydrogens (tertiary/aromatic N) is 2. The van der Waals surface area contributed by atoms with E-state index in [4.69, 9.17) is 16.7 Å². The van der Waals surface area contributed by atoms with Gasteiger partial charge in [-0.3, -0.25) is 4.90 Å². The van der Waals surface area contributed by atoms with Crippen molar-refractivity contribution in [3.05, 3.63) is 29.0 Å². The standard InChI is InChI=1S/C13H19ClN2O/c14-13-9-11(4-6-15-13)10-16-7-2-1-3-12(16)5-8-17/h4,6,9,12,17H,1-3,5,7-8,10H2. The number of likely N-dealkylation sites (tertiary alicyclic amines) is 1. The fourth-order valence-corrected chi connectivity index (χ4v) is 2.72. The minimum Gasteiger partial charge on any atom is -0.396 e. The van der Waals surface area contributed by atoms with Crippen LogP contribution in [0.4, 0.5) is 0 Å². The molecule has 1 aromatic rings. The Morgan fingerprint density at radius 3 is 3.12 bits per heavy atom. The molecule has 17 heavy (non-hydrogen) atoms. The molecule has 0 amide bonds. The van der Waals surface area contributed by atoms with Crippen molar-refractivity contribution >= 4 is 11.6 Å². The lowest BCUT2D eigenvalue weighted by molar-refractivity contribution is 0.112. The monoisotopic (exact) mass is 254 g/mol. The lowest BCUT2D eigenvalue weighted by atomic mass is 9.99. The van der Waals surface area contributed by atoms with E-state index in [1.165, 1.54) is 24.8 Å². The van der Waals surface area contributed by atoms with Gasteiger partial charge in [-0.05, 0) is 43.5 Å². The van der Waals surface area contributed by atoms with Crippen LogP contribution in [0, 0.1) is 0 Å². The number of hydrogen-bond acceptors (Lipinski definition) is 3. The smallest absolute Gasteiger partial charge is 0.129 e. The molecule has 0 bridgehead atoms. The van der Waals surface area contributed by atoms with Crippen molar-refractivity contribution in [2.45, 2.75) is 38.3 Å². The first-order valence-electron chi connectivity index (χ1n) is 6.25. The van der Waals surface area contributed by atoms with Gasteiger partial charge in [0.2, 0.25) is 0 Å². The van der Waals surface area contributed by atoms with Crippen LogP contribution in [0.15, 0.2) is 18.3 Å². The molecule has 1 aromatic heterocycles. The number of halogens is 1. The van der Waals surface area contributed by atoms with Crippen molar-refractivity contribution in [1.82, 2.24) is 9.88 Å². The van der Waals surface area contributed by atoms with Crippen LogP contribution in [0.2, 0.25) is 5.15 Å². The molecule has 2 heterocycles. The Balaban J connectivity index is 2.00. The lowest BCUT2D eigenvalue weighted by Crippen LogP contribution is -2.39. The van der Waals surface area contributed by atoms with Crippen molar-refractivity contribution in [3.8, 4) is 0 Å². The molecule has 1 aliphatic rings. The van der Waals surface area contributed by atoms with Gasteiger partial charge < -0.3 is 5.11 Å². The maximum atomic E-state index is 9.09. The molecule has 4 heteroatoms.